The third-order valence-corrected chi connectivity index (χ3v) is 2.97. The lowest BCUT2D eigenvalue weighted by molar-refractivity contribution is 0.288. The van der Waals surface area contributed by atoms with Gasteiger partial charge in [-0.05, 0) is 53.1 Å². The van der Waals surface area contributed by atoms with Crippen LogP contribution in [0.15, 0.2) is 18.2 Å². The molecule has 0 atom stereocenters. The summed E-state index contributed by atoms with van der Waals surface area (Å²) in [5.74, 6) is 1.56. The van der Waals surface area contributed by atoms with Crippen LogP contribution in [0.25, 0.3) is 0 Å². The second kappa shape index (κ2) is 5.81. The van der Waals surface area contributed by atoms with E-state index in [0.717, 1.165) is 27.4 Å². The maximum absolute atomic E-state index is 5.87. The van der Waals surface area contributed by atoms with Crippen molar-refractivity contribution in [3.63, 3.8) is 0 Å². The molecule has 0 aliphatic carbocycles. The Morgan fingerprint density at radius 3 is 2.79 bits per heavy atom. The van der Waals surface area contributed by atoms with Gasteiger partial charge < -0.3 is 4.74 Å². The Morgan fingerprint density at radius 1 is 1.43 bits per heavy atom. The summed E-state index contributed by atoms with van der Waals surface area (Å²) in [4.78, 5) is 0. The lowest BCUT2D eigenvalue weighted by Crippen LogP contribution is -2.02. The summed E-state index contributed by atoms with van der Waals surface area (Å²) < 4.78 is 6.74. The molecule has 0 spiro atoms. The van der Waals surface area contributed by atoms with E-state index in [4.69, 9.17) is 16.3 Å². The molecular weight excluding hydrogens is 310 g/mol. The molecule has 1 rings (SSSR count). The van der Waals surface area contributed by atoms with Gasteiger partial charge in [-0.1, -0.05) is 25.4 Å². The van der Waals surface area contributed by atoms with Crippen LogP contribution in [0.5, 0.6) is 5.75 Å². The van der Waals surface area contributed by atoms with Gasteiger partial charge in [-0.3, -0.25) is 0 Å². The van der Waals surface area contributed by atoms with E-state index >= 15 is 0 Å². The van der Waals surface area contributed by atoms with Crippen molar-refractivity contribution in [3.8, 4) is 5.75 Å². The highest BCUT2D eigenvalue weighted by Gasteiger charge is 2.02. The molecule has 1 nitrogen and oxygen atoms in total. The van der Waals surface area contributed by atoms with Gasteiger partial charge in [0.2, 0.25) is 0 Å². The molecule has 14 heavy (non-hydrogen) atoms. The van der Waals surface area contributed by atoms with E-state index in [2.05, 4.69) is 36.4 Å². The standard InChI is InChI=1S/C11H14ClIO/c1-8(2)5-6-14-11-7-9(12)3-4-10(11)13/h3-4,7-8H,5-6H2,1-2H3. The van der Waals surface area contributed by atoms with E-state index in [0.29, 0.717) is 5.92 Å². The number of ether oxygens (including phenoxy) is 1. The van der Waals surface area contributed by atoms with E-state index in [1.807, 2.05) is 18.2 Å². The summed E-state index contributed by atoms with van der Waals surface area (Å²) in [6.07, 6.45) is 1.07. The second-order valence-corrected chi connectivity index (χ2v) is 5.20. The van der Waals surface area contributed by atoms with E-state index in [1.54, 1.807) is 0 Å². The van der Waals surface area contributed by atoms with Crippen molar-refractivity contribution in [2.24, 2.45) is 5.92 Å². The first-order valence-corrected chi connectivity index (χ1v) is 6.13. The van der Waals surface area contributed by atoms with Crippen molar-refractivity contribution >= 4 is 34.2 Å². The predicted octanol–water partition coefficient (Wildman–Crippen LogP) is 4.37. The number of hydrogen-bond donors (Lipinski definition) is 0. The highest BCUT2D eigenvalue weighted by atomic mass is 127. The summed E-state index contributed by atoms with van der Waals surface area (Å²) in [5.41, 5.74) is 0. The average molecular weight is 325 g/mol. The fourth-order valence-corrected chi connectivity index (χ4v) is 1.65. The third-order valence-electron chi connectivity index (χ3n) is 1.85. The van der Waals surface area contributed by atoms with Gasteiger partial charge in [0.25, 0.3) is 0 Å². The number of rotatable bonds is 4. The van der Waals surface area contributed by atoms with Crippen LogP contribution in [-0.2, 0) is 0 Å². The van der Waals surface area contributed by atoms with Gasteiger partial charge in [-0.2, -0.15) is 0 Å². The van der Waals surface area contributed by atoms with Crippen molar-refractivity contribution in [2.75, 3.05) is 6.61 Å². The largest absolute Gasteiger partial charge is 0.492 e. The molecule has 0 fully saturated rings. The van der Waals surface area contributed by atoms with Crippen LogP contribution < -0.4 is 4.74 Å². The Morgan fingerprint density at radius 2 is 2.14 bits per heavy atom. The summed E-state index contributed by atoms with van der Waals surface area (Å²) in [6.45, 7) is 5.13. The zero-order valence-corrected chi connectivity index (χ0v) is 11.3. The Kier molecular flexibility index (Phi) is 5.02. The maximum atomic E-state index is 5.87. The fourth-order valence-electron chi connectivity index (χ4n) is 0.992. The van der Waals surface area contributed by atoms with E-state index in [1.165, 1.54) is 0 Å². The molecule has 0 saturated heterocycles. The summed E-state index contributed by atoms with van der Waals surface area (Å²) in [6, 6.07) is 5.70. The Hall–Kier alpha value is 0.0400. The van der Waals surface area contributed by atoms with Crippen molar-refractivity contribution < 1.29 is 4.74 Å². The van der Waals surface area contributed by atoms with E-state index in [9.17, 15) is 0 Å². The van der Waals surface area contributed by atoms with Crippen molar-refractivity contribution in [3.05, 3.63) is 26.8 Å². The minimum absolute atomic E-state index is 0.673. The predicted molar refractivity (Wildman–Crippen MR) is 69.1 cm³/mol. The lowest BCUT2D eigenvalue weighted by Gasteiger charge is -2.09. The van der Waals surface area contributed by atoms with Gasteiger partial charge >= 0.3 is 0 Å². The topological polar surface area (TPSA) is 9.23 Å². The molecule has 0 amide bonds. The van der Waals surface area contributed by atoms with Gasteiger partial charge in [-0.15, -0.1) is 0 Å². The molecule has 0 unspecified atom stereocenters. The zero-order valence-electron chi connectivity index (χ0n) is 8.39. The third kappa shape index (κ3) is 4.05. The second-order valence-electron chi connectivity index (χ2n) is 3.61. The minimum Gasteiger partial charge on any atom is -0.492 e. The molecule has 0 bridgehead atoms. The monoisotopic (exact) mass is 324 g/mol. The molecule has 1 aromatic carbocycles. The van der Waals surface area contributed by atoms with Gasteiger partial charge in [0.05, 0.1) is 10.2 Å². The number of benzene rings is 1. The van der Waals surface area contributed by atoms with Gasteiger partial charge in [-0.25, -0.2) is 0 Å². The Bertz CT molecular complexity index is 299. The highest BCUT2D eigenvalue weighted by molar-refractivity contribution is 14.1. The molecular formula is C11H14ClIO. The normalized spacial score (nSPS) is 10.6. The molecule has 0 aromatic heterocycles. The quantitative estimate of drug-likeness (QED) is 0.747. The van der Waals surface area contributed by atoms with E-state index < -0.39 is 0 Å². The molecule has 0 N–H and O–H groups in total. The SMILES string of the molecule is CC(C)CCOc1cc(Cl)ccc1I. The fraction of sp³-hybridized carbons (Fsp3) is 0.455. The molecule has 0 heterocycles. The maximum Gasteiger partial charge on any atom is 0.134 e. The van der Waals surface area contributed by atoms with Crippen molar-refractivity contribution in [1.29, 1.82) is 0 Å². The molecule has 0 aliphatic heterocycles. The van der Waals surface area contributed by atoms with Crippen molar-refractivity contribution in [1.82, 2.24) is 0 Å². The lowest BCUT2D eigenvalue weighted by atomic mass is 10.1. The minimum atomic E-state index is 0.673. The molecule has 78 valence electrons. The molecule has 0 radical (unpaired) electrons. The first-order chi connectivity index (χ1) is 6.59. The summed E-state index contributed by atoms with van der Waals surface area (Å²) >= 11 is 8.13. The van der Waals surface area contributed by atoms with Gasteiger partial charge in [0.15, 0.2) is 0 Å². The van der Waals surface area contributed by atoms with Crippen molar-refractivity contribution in [2.45, 2.75) is 20.3 Å². The first kappa shape index (κ1) is 12.1. The van der Waals surface area contributed by atoms with Crippen LogP contribution in [0, 0.1) is 9.49 Å². The Labute approximate surface area is 104 Å². The summed E-state index contributed by atoms with van der Waals surface area (Å²) in [5, 5.41) is 0.727. The summed E-state index contributed by atoms with van der Waals surface area (Å²) in [7, 11) is 0. The van der Waals surface area contributed by atoms with Crippen LogP contribution >= 0.6 is 34.2 Å². The van der Waals surface area contributed by atoms with Crippen LogP contribution in [0.1, 0.15) is 20.3 Å². The molecule has 0 aliphatic rings. The van der Waals surface area contributed by atoms with Crippen LogP contribution in [0.3, 0.4) is 0 Å². The van der Waals surface area contributed by atoms with Gasteiger partial charge in [0.1, 0.15) is 5.75 Å². The van der Waals surface area contributed by atoms with Crippen LogP contribution in [-0.4, -0.2) is 6.61 Å². The van der Waals surface area contributed by atoms with Crippen LogP contribution in [0.4, 0.5) is 0 Å². The average Bonchev–Trinajstić information content (AvgIpc) is 2.10. The molecule has 3 heteroatoms. The van der Waals surface area contributed by atoms with Gasteiger partial charge in [0, 0.05) is 5.02 Å². The van der Waals surface area contributed by atoms with E-state index in [-0.39, 0.29) is 0 Å². The zero-order chi connectivity index (χ0) is 10.6. The van der Waals surface area contributed by atoms with Crippen LogP contribution in [0.2, 0.25) is 5.02 Å². The highest BCUT2D eigenvalue weighted by Crippen LogP contribution is 2.25. The smallest absolute Gasteiger partial charge is 0.134 e. The first-order valence-electron chi connectivity index (χ1n) is 4.67. The molecule has 1 aromatic rings. The Balaban J connectivity index is 2.53. The molecule has 0 saturated carbocycles. The number of hydrogen-bond acceptors (Lipinski definition) is 1. The number of halogens is 2.